The van der Waals surface area contributed by atoms with Crippen LogP contribution in [0, 0.1) is 0 Å². The van der Waals surface area contributed by atoms with E-state index in [4.69, 9.17) is 18.7 Å². The molecule has 0 saturated carbocycles. The second kappa shape index (κ2) is 9.81. The number of ether oxygens (including phenoxy) is 3. The molecule has 0 aliphatic carbocycles. The molecule has 0 spiro atoms. The van der Waals surface area contributed by atoms with Gasteiger partial charge in [0, 0.05) is 18.2 Å². The van der Waals surface area contributed by atoms with Crippen LogP contribution in [0.25, 0.3) is 0 Å². The molecule has 2 heterocycles. The molecule has 0 radical (unpaired) electrons. The van der Waals surface area contributed by atoms with Crippen LogP contribution in [0.4, 0.5) is 0 Å². The number of hydrogen-bond donors (Lipinski definition) is 0. The monoisotopic (exact) mass is 340 g/mol. The van der Waals surface area contributed by atoms with Gasteiger partial charge in [0.1, 0.15) is 6.26 Å². The van der Waals surface area contributed by atoms with Gasteiger partial charge in [-0.2, -0.15) is 4.74 Å². The number of hydrogen-bond acceptors (Lipinski definition) is 7. The fraction of sp³-hybridized carbons (Fsp3) is 0.533. The molecule has 2 rings (SSSR count). The summed E-state index contributed by atoms with van der Waals surface area (Å²) in [5.41, 5.74) is -0.194. The first-order valence-corrected chi connectivity index (χ1v) is 7.60. The van der Waals surface area contributed by atoms with Gasteiger partial charge in [-0.1, -0.05) is 0 Å². The van der Waals surface area contributed by atoms with Crippen molar-refractivity contribution in [1.29, 1.82) is 0 Å². The number of carbonyl (C=O) groups excluding carboxylic acids is 2. The van der Waals surface area contributed by atoms with Crippen LogP contribution in [0.1, 0.15) is 0 Å². The number of nitrogens with zero attached hydrogens (tertiary/aromatic N) is 2. The SMILES string of the molecule is O=C1C=CC(=O)N1CCOCCOCCOCCn1occc1=O. The molecule has 1 aliphatic rings. The number of imide groups is 1. The summed E-state index contributed by atoms with van der Waals surface area (Å²) in [6.07, 6.45) is 3.82. The number of aromatic nitrogens is 1. The standard InChI is InChI=1S/C15H20N2O7/c18-13-1-2-14(19)16(13)4-7-21-9-11-23-12-10-22-8-5-17-15(20)3-6-24-17/h1-3,6H,4-5,7-12H2. The Labute approximate surface area is 138 Å². The molecule has 9 nitrogen and oxygen atoms in total. The largest absolute Gasteiger partial charge is 0.384 e. The van der Waals surface area contributed by atoms with Gasteiger partial charge in [-0.15, -0.1) is 0 Å². The van der Waals surface area contributed by atoms with E-state index in [2.05, 4.69) is 0 Å². The first-order chi connectivity index (χ1) is 11.7. The van der Waals surface area contributed by atoms with Gasteiger partial charge in [0.2, 0.25) is 0 Å². The smallest absolute Gasteiger partial charge is 0.282 e. The average Bonchev–Trinajstić information content (AvgIpc) is 3.12. The minimum absolute atomic E-state index is 0.194. The maximum Gasteiger partial charge on any atom is 0.282 e. The maximum atomic E-state index is 11.3. The average molecular weight is 340 g/mol. The normalized spacial score (nSPS) is 14.1. The molecule has 1 aliphatic heterocycles. The molecule has 0 aromatic carbocycles. The van der Waals surface area contributed by atoms with E-state index in [0.29, 0.717) is 39.6 Å². The Balaban J connectivity index is 1.37. The molecule has 9 heteroatoms. The molecule has 1 aromatic rings. The molecule has 0 unspecified atom stereocenters. The van der Waals surface area contributed by atoms with Crippen LogP contribution >= 0.6 is 0 Å². The Morgan fingerprint density at radius 3 is 1.88 bits per heavy atom. The quantitative estimate of drug-likeness (QED) is 0.370. The summed E-state index contributed by atoms with van der Waals surface area (Å²) >= 11 is 0. The van der Waals surface area contributed by atoms with Gasteiger partial charge in [-0.05, 0) is 0 Å². The topological polar surface area (TPSA) is 100 Å². The third-order valence-corrected chi connectivity index (χ3v) is 3.19. The molecule has 0 fully saturated rings. The Hall–Kier alpha value is -2.23. The van der Waals surface area contributed by atoms with Crippen molar-refractivity contribution in [3.63, 3.8) is 0 Å². The zero-order valence-electron chi connectivity index (χ0n) is 13.2. The highest BCUT2D eigenvalue weighted by Gasteiger charge is 2.22. The maximum absolute atomic E-state index is 11.3. The van der Waals surface area contributed by atoms with Crippen molar-refractivity contribution in [2.75, 3.05) is 46.2 Å². The Kier molecular flexibility index (Phi) is 7.40. The lowest BCUT2D eigenvalue weighted by Gasteiger charge is -2.13. The summed E-state index contributed by atoms with van der Waals surface area (Å²) in [7, 11) is 0. The first-order valence-electron chi connectivity index (χ1n) is 7.60. The Morgan fingerprint density at radius 1 is 0.792 bits per heavy atom. The van der Waals surface area contributed by atoms with E-state index in [1.807, 2.05) is 0 Å². The molecular formula is C15H20N2O7. The van der Waals surface area contributed by atoms with Crippen LogP contribution in [0.5, 0.6) is 0 Å². The van der Waals surface area contributed by atoms with Crippen molar-refractivity contribution >= 4 is 11.8 Å². The minimum Gasteiger partial charge on any atom is -0.384 e. The summed E-state index contributed by atoms with van der Waals surface area (Å²) in [6.45, 7) is 2.79. The van der Waals surface area contributed by atoms with E-state index in [-0.39, 0.29) is 30.5 Å². The predicted octanol–water partition coefficient (Wildman–Crippen LogP) is -0.584. The minimum atomic E-state index is -0.311. The third-order valence-electron chi connectivity index (χ3n) is 3.19. The second-order valence-electron chi connectivity index (χ2n) is 4.85. The van der Waals surface area contributed by atoms with Crippen molar-refractivity contribution in [3.8, 4) is 0 Å². The summed E-state index contributed by atoms with van der Waals surface area (Å²) < 4.78 is 22.0. The predicted molar refractivity (Wildman–Crippen MR) is 81.3 cm³/mol. The summed E-state index contributed by atoms with van der Waals surface area (Å²) in [4.78, 5) is 34.8. The van der Waals surface area contributed by atoms with Gasteiger partial charge in [0.25, 0.3) is 17.4 Å². The lowest BCUT2D eigenvalue weighted by Crippen LogP contribution is -2.33. The van der Waals surface area contributed by atoms with Gasteiger partial charge in [0.05, 0.1) is 52.7 Å². The van der Waals surface area contributed by atoms with Gasteiger partial charge in [-0.25, -0.2) is 0 Å². The zero-order chi connectivity index (χ0) is 17.2. The van der Waals surface area contributed by atoms with Crippen molar-refractivity contribution in [2.45, 2.75) is 6.54 Å². The van der Waals surface area contributed by atoms with Crippen LogP contribution in [-0.2, 0) is 30.3 Å². The van der Waals surface area contributed by atoms with Crippen molar-refractivity contribution in [2.24, 2.45) is 0 Å². The van der Waals surface area contributed by atoms with Crippen LogP contribution in [0.2, 0.25) is 0 Å². The number of rotatable bonds is 12. The van der Waals surface area contributed by atoms with E-state index in [9.17, 15) is 14.4 Å². The van der Waals surface area contributed by atoms with E-state index >= 15 is 0 Å². The van der Waals surface area contributed by atoms with Crippen LogP contribution in [-0.4, -0.2) is 67.6 Å². The molecule has 1 aromatic heterocycles. The molecule has 0 N–H and O–H groups in total. The second-order valence-corrected chi connectivity index (χ2v) is 4.85. The molecule has 132 valence electrons. The van der Waals surface area contributed by atoms with Crippen molar-refractivity contribution in [3.05, 3.63) is 34.8 Å². The van der Waals surface area contributed by atoms with Gasteiger partial charge < -0.3 is 18.7 Å². The fourth-order valence-corrected chi connectivity index (χ4v) is 1.96. The number of amides is 2. The summed E-state index contributed by atoms with van der Waals surface area (Å²) in [5, 5.41) is 0. The van der Waals surface area contributed by atoms with Crippen LogP contribution < -0.4 is 5.56 Å². The van der Waals surface area contributed by atoms with Gasteiger partial charge >= 0.3 is 0 Å². The van der Waals surface area contributed by atoms with E-state index in [1.54, 1.807) is 0 Å². The van der Waals surface area contributed by atoms with Crippen LogP contribution in [0.3, 0.4) is 0 Å². The lowest BCUT2D eigenvalue weighted by molar-refractivity contribution is -0.137. The zero-order valence-corrected chi connectivity index (χ0v) is 13.2. The lowest BCUT2D eigenvalue weighted by atomic mass is 10.5. The fourth-order valence-electron chi connectivity index (χ4n) is 1.96. The molecule has 2 amide bonds. The molecular weight excluding hydrogens is 320 g/mol. The molecule has 0 saturated heterocycles. The van der Waals surface area contributed by atoms with E-state index in [0.717, 1.165) is 4.90 Å². The Bertz CT molecular complexity index is 601. The van der Waals surface area contributed by atoms with Gasteiger partial charge in [-0.3, -0.25) is 19.3 Å². The third kappa shape index (κ3) is 5.76. The Morgan fingerprint density at radius 2 is 1.33 bits per heavy atom. The van der Waals surface area contributed by atoms with Crippen LogP contribution in [0.15, 0.2) is 33.8 Å². The highest BCUT2D eigenvalue weighted by atomic mass is 16.5. The van der Waals surface area contributed by atoms with Crippen molar-refractivity contribution in [1.82, 2.24) is 9.64 Å². The summed E-state index contributed by atoms with van der Waals surface area (Å²) in [6, 6.07) is 1.34. The molecule has 24 heavy (non-hydrogen) atoms. The highest BCUT2D eigenvalue weighted by Crippen LogP contribution is 2.02. The van der Waals surface area contributed by atoms with E-state index in [1.165, 1.54) is 29.2 Å². The van der Waals surface area contributed by atoms with E-state index < -0.39 is 0 Å². The number of carbonyl (C=O) groups is 2. The molecule has 0 atom stereocenters. The van der Waals surface area contributed by atoms with Crippen molar-refractivity contribution < 1.29 is 28.3 Å². The highest BCUT2D eigenvalue weighted by molar-refractivity contribution is 6.12. The molecule has 0 bridgehead atoms. The van der Waals surface area contributed by atoms with Gasteiger partial charge in [0.15, 0.2) is 0 Å². The summed E-state index contributed by atoms with van der Waals surface area (Å²) in [5.74, 6) is -0.623. The first kappa shape index (κ1) is 18.1.